The van der Waals surface area contributed by atoms with Gasteiger partial charge in [0.2, 0.25) is 5.13 Å². The monoisotopic (exact) mass is 341 g/mol. The topological polar surface area (TPSA) is 117 Å². The molecule has 3 rings (SSSR count). The minimum Gasteiger partial charge on any atom is -0.478 e. The number of pyridine rings is 1. The summed E-state index contributed by atoms with van der Waals surface area (Å²) in [5.41, 5.74) is 1.31. The van der Waals surface area contributed by atoms with Crippen LogP contribution in [0.3, 0.4) is 0 Å². The summed E-state index contributed by atoms with van der Waals surface area (Å²) >= 11 is 1.22. The van der Waals surface area contributed by atoms with Gasteiger partial charge >= 0.3 is 12.0 Å². The van der Waals surface area contributed by atoms with Crippen LogP contribution >= 0.6 is 11.3 Å². The van der Waals surface area contributed by atoms with Gasteiger partial charge in [0, 0.05) is 23.6 Å². The van der Waals surface area contributed by atoms with Crippen molar-refractivity contribution in [3.05, 3.63) is 54.4 Å². The van der Waals surface area contributed by atoms with Crippen molar-refractivity contribution in [2.45, 2.75) is 0 Å². The normalized spacial score (nSPS) is 10.2. The summed E-state index contributed by atoms with van der Waals surface area (Å²) in [7, 11) is 0. The Kier molecular flexibility index (Phi) is 4.43. The lowest BCUT2D eigenvalue weighted by Crippen LogP contribution is -2.19. The van der Waals surface area contributed by atoms with E-state index < -0.39 is 12.0 Å². The Morgan fingerprint density at radius 3 is 2.58 bits per heavy atom. The lowest BCUT2D eigenvalue weighted by atomic mass is 10.2. The molecular formula is C15H11N5O3S. The Bertz CT molecular complexity index is 882. The minimum atomic E-state index is -1.06. The maximum absolute atomic E-state index is 12.0. The van der Waals surface area contributed by atoms with Crippen molar-refractivity contribution in [2.24, 2.45) is 0 Å². The molecule has 2 amide bonds. The van der Waals surface area contributed by atoms with Crippen molar-refractivity contribution in [1.82, 2.24) is 15.2 Å². The Hall–Kier alpha value is -3.33. The van der Waals surface area contributed by atoms with E-state index in [1.807, 2.05) is 0 Å². The zero-order chi connectivity index (χ0) is 16.9. The molecule has 24 heavy (non-hydrogen) atoms. The largest absolute Gasteiger partial charge is 0.478 e. The van der Waals surface area contributed by atoms with Crippen LogP contribution < -0.4 is 10.6 Å². The molecule has 0 bridgehead atoms. The van der Waals surface area contributed by atoms with Gasteiger partial charge in [0.1, 0.15) is 5.01 Å². The SMILES string of the molecule is O=C(Nc1cccc(C(=O)O)c1)Nc1nnc(-c2ccncc2)s1. The van der Waals surface area contributed by atoms with Crippen molar-refractivity contribution in [1.29, 1.82) is 0 Å². The van der Waals surface area contributed by atoms with Crippen molar-refractivity contribution in [2.75, 3.05) is 10.6 Å². The quantitative estimate of drug-likeness (QED) is 0.671. The molecule has 0 aliphatic rings. The van der Waals surface area contributed by atoms with E-state index in [4.69, 9.17) is 5.11 Å². The van der Waals surface area contributed by atoms with E-state index in [0.29, 0.717) is 15.8 Å². The van der Waals surface area contributed by atoms with Gasteiger partial charge in [-0.05, 0) is 30.3 Å². The van der Waals surface area contributed by atoms with Gasteiger partial charge in [-0.25, -0.2) is 9.59 Å². The molecule has 0 fully saturated rings. The maximum atomic E-state index is 12.0. The molecule has 3 N–H and O–H groups in total. The number of carboxylic acid groups (broad SMARTS) is 1. The smallest absolute Gasteiger partial charge is 0.335 e. The molecule has 0 saturated carbocycles. The lowest BCUT2D eigenvalue weighted by molar-refractivity contribution is 0.0697. The van der Waals surface area contributed by atoms with Gasteiger partial charge in [0.25, 0.3) is 0 Å². The molecule has 0 radical (unpaired) electrons. The van der Waals surface area contributed by atoms with Crippen LogP contribution in [0, 0.1) is 0 Å². The molecule has 0 spiro atoms. The van der Waals surface area contributed by atoms with E-state index in [1.54, 1.807) is 36.7 Å². The number of hydrogen-bond acceptors (Lipinski definition) is 6. The van der Waals surface area contributed by atoms with Gasteiger partial charge in [-0.3, -0.25) is 10.3 Å². The third-order valence-corrected chi connectivity index (χ3v) is 3.83. The molecule has 0 atom stereocenters. The van der Waals surface area contributed by atoms with E-state index in [-0.39, 0.29) is 5.56 Å². The zero-order valence-electron chi connectivity index (χ0n) is 12.1. The first-order valence-corrected chi connectivity index (χ1v) is 7.59. The molecule has 0 aliphatic heterocycles. The Balaban J connectivity index is 1.66. The van der Waals surface area contributed by atoms with Crippen molar-refractivity contribution in [3.8, 4) is 10.6 Å². The van der Waals surface area contributed by atoms with Gasteiger partial charge in [-0.1, -0.05) is 17.4 Å². The molecule has 0 unspecified atom stereocenters. The molecule has 2 heterocycles. The van der Waals surface area contributed by atoms with Crippen LogP contribution in [0.1, 0.15) is 10.4 Å². The maximum Gasteiger partial charge on any atom is 0.335 e. The first kappa shape index (κ1) is 15.6. The molecule has 3 aromatic rings. The predicted molar refractivity (Wildman–Crippen MR) is 89.2 cm³/mol. The number of benzene rings is 1. The molecular weight excluding hydrogens is 330 g/mol. The zero-order valence-corrected chi connectivity index (χ0v) is 12.9. The highest BCUT2D eigenvalue weighted by Gasteiger charge is 2.10. The van der Waals surface area contributed by atoms with Crippen molar-refractivity contribution < 1.29 is 14.7 Å². The van der Waals surface area contributed by atoms with E-state index in [0.717, 1.165) is 5.56 Å². The summed E-state index contributed by atoms with van der Waals surface area (Å²) in [6.07, 6.45) is 3.29. The number of carboxylic acids is 1. The fraction of sp³-hybridized carbons (Fsp3) is 0. The minimum absolute atomic E-state index is 0.0867. The molecule has 0 saturated heterocycles. The van der Waals surface area contributed by atoms with Crippen LogP contribution in [-0.4, -0.2) is 32.3 Å². The number of nitrogens with zero attached hydrogens (tertiary/aromatic N) is 3. The van der Waals surface area contributed by atoms with Crippen LogP contribution in [0.4, 0.5) is 15.6 Å². The van der Waals surface area contributed by atoms with E-state index in [2.05, 4.69) is 25.8 Å². The summed E-state index contributed by atoms with van der Waals surface area (Å²) in [5, 5.41) is 22.9. The highest BCUT2D eigenvalue weighted by Crippen LogP contribution is 2.25. The summed E-state index contributed by atoms with van der Waals surface area (Å²) < 4.78 is 0. The second-order valence-corrected chi connectivity index (χ2v) is 5.59. The molecule has 9 heteroatoms. The second kappa shape index (κ2) is 6.84. The third kappa shape index (κ3) is 3.70. The first-order valence-electron chi connectivity index (χ1n) is 6.77. The van der Waals surface area contributed by atoms with Crippen molar-refractivity contribution >= 4 is 34.2 Å². The highest BCUT2D eigenvalue weighted by atomic mass is 32.1. The van der Waals surface area contributed by atoms with Crippen molar-refractivity contribution in [3.63, 3.8) is 0 Å². The average molecular weight is 341 g/mol. The molecule has 2 aromatic heterocycles. The van der Waals surface area contributed by atoms with Gasteiger partial charge in [-0.2, -0.15) is 0 Å². The van der Waals surface area contributed by atoms with Crippen LogP contribution in [-0.2, 0) is 0 Å². The summed E-state index contributed by atoms with van der Waals surface area (Å²) in [6, 6.07) is 9.00. The standard InChI is InChI=1S/C15H11N5O3S/c21-13(22)10-2-1-3-11(8-10)17-14(23)18-15-20-19-12(24-15)9-4-6-16-7-5-9/h1-8H,(H,21,22)(H2,17,18,20,23). The molecule has 8 nitrogen and oxygen atoms in total. The number of anilines is 2. The first-order chi connectivity index (χ1) is 11.6. The van der Waals surface area contributed by atoms with Gasteiger partial charge in [0.15, 0.2) is 0 Å². The number of urea groups is 1. The predicted octanol–water partition coefficient (Wildman–Crippen LogP) is 2.94. The fourth-order valence-electron chi connectivity index (χ4n) is 1.87. The van der Waals surface area contributed by atoms with Crippen LogP contribution in [0.25, 0.3) is 10.6 Å². The number of aromatic nitrogens is 3. The second-order valence-electron chi connectivity index (χ2n) is 4.61. The van der Waals surface area contributed by atoms with Crippen LogP contribution in [0.5, 0.6) is 0 Å². The van der Waals surface area contributed by atoms with Gasteiger partial charge in [0.05, 0.1) is 5.56 Å². The average Bonchev–Trinajstić information content (AvgIpc) is 3.04. The molecule has 120 valence electrons. The Labute approximate surface area is 140 Å². The lowest BCUT2D eigenvalue weighted by Gasteiger charge is -2.05. The van der Waals surface area contributed by atoms with Crippen LogP contribution in [0.15, 0.2) is 48.8 Å². The van der Waals surface area contributed by atoms with E-state index >= 15 is 0 Å². The number of rotatable bonds is 4. The van der Waals surface area contributed by atoms with Gasteiger partial charge in [-0.15, -0.1) is 10.2 Å². The summed E-state index contributed by atoms with van der Waals surface area (Å²) in [4.78, 5) is 26.8. The fourth-order valence-corrected chi connectivity index (χ4v) is 2.62. The number of carbonyl (C=O) groups is 2. The Morgan fingerprint density at radius 1 is 1.04 bits per heavy atom. The summed E-state index contributed by atoms with van der Waals surface area (Å²) in [5.74, 6) is -1.06. The highest BCUT2D eigenvalue weighted by molar-refractivity contribution is 7.18. The number of aromatic carboxylic acids is 1. The Morgan fingerprint density at radius 2 is 1.83 bits per heavy atom. The molecule has 1 aromatic carbocycles. The number of carbonyl (C=O) groups excluding carboxylic acids is 1. The number of nitrogens with one attached hydrogen (secondary N) is 2. The van der Waals surface area contributed by atoms with E-state index in [9.17, 15) is 9.59 Å². The van der Waals surface area contributed by atoms with Gasteiger partial charge < -0.3 is 10.4 Å². The summed E-state index contributed by atoms with van der Waals surface area (Å²) in [6.45, 7) is 0. The van der Waals surface area contributed by atoms with Crippen LogP contribution in [0.2, 0.25) is 0 Å². The van der Waals surface area contributed by atoms with E-state index in [1.165, 1.54) is 23.5 Å². The third-order valence-electron chi connectivity index (χ3n) is 2.94. The number of hydrogen-bond donors (Lipinski definition) is 3. The number of amides is 2. The molecule has 0 aliphatic carbocycles.